The van der Waals surface area contributed by atoms with Crippen LogP contribution in [-0.4, -0.2) is 48.1 Å². The molecule has 2 aromatic rings. The lowest BCUT2D eigenvalue weighted by Gasteiger charge is -2.34. The Morgan fingerprint density at radius 2 is 1.79 bits per heavy atom. The van der Waals surface area contributed by atoms with E-state index < -0.39 is 5.69 Å². The number of nitrogens with one attached hydrogen (secondary N) is 2. The molecule has 2 heterocycles. The number of likely N-dealkylation sites (N-methyl/N-ethyl adjacent to an activating group) is 1. The molecule has 6 nitrogen and oxygen atoms in total. The Morgan fingerprint density at radius 3 is 2.53 bits per heavy atom. The van der Waals surface area contributed by atoms with Gasteiger partial charge in [0, 0.05) is 31.9 Å². The smallest absolute Gasteiger partial charge is 0.326 e. The van der Waals surface area contributed by atoms with Gasteiger partial charge in [-0.25, -0.2) is 4.79 Å². The van der Waals surface area contributed by atoms with Gasteiger partial charge in [-0.15, -0.1) is 0 Å². The summed E-state index contributed by atoms with van der Waals surface area (Å²) < 4.78 is 0. The molecule has 1 aliphatic rings. The van der Waals surface area contributed by atoms with Crippen LogP contribution in [-0.2, 0) is 0 Å². The molecule has 0 radical (unpaired) electrons. The van der Waals surface area contributed by atoms with Crippen molar-refractivity contribution < 1.29 is 0 Å². The Hall–Kier alpha value is -2.08. The highest BCUT2D eigenvalue weighted by atomic mass is 16.2. The van der Waals surface area contributed by atoms with E-state index in [9.17, 15) is 9.59 Å². The normalized spacial score (nSPS) is 17.0. The van der Waals surface area contributed by atoms with Crippen molar-refractivity contribution in [3.8, 4) is 0 Å². The maximum absolute atomic E-state index is 11.6. The van der Waals surface area contributed by atoms with E-state index in [1.54, 1.807) is 6.07 Å². The van der Waals surface area contributed by atoms with Gasteiger partial charge in [-0.1, -0.05) is 0 Å². The molecule has 1 saturated heterocycles. The second kappa shape index (κ2) is 4.55. The average Bonchev–Trinajstić information content (AvgIpc) is 2.38. The van der Waals surface area contributed by atoms with Gasteiger partial charge < -0.3 is 14.8 Å². The number of piperazine rings is 1. The minimum Gasteiger partial charge on any atom is -0.369 e. The van der Waals surface area contributed by atoms with Crippen LogP contribution >= 0.6 is 0 Å². The quantitative estimate of drug-likeness (QED) is 0.755. The summed E-state index contributed by atoms with van der Waals surface area (Å²) in [5, 5.41) is 0.512. The van der Waals surface area contributed by atoms with E-state index in [0.717, 1.165) is 31.9 Å². The summed E-state index contributed by atoms with van der Waals surface area (Å²) in [6.07, 6.45) is 0. The Labute approximate surface area is 109 Å². The van der Waals surface area contributed by atoms with Gasteiger partial charge in [0.1, 0.15) is 0 Å². The lowest BCUT2D eigenvalue weighted by molar-refractivity contribution is 0.313. The van der Waals surface area contributed by atoms with E-state index in [2.05, 4.69) is 26.8 Å². The highest BCUT2D eigenvalue weighted by Gasteiger charge is 2.14. The Bertz CT molecular complexity index is 710. The minimum absolute atomic E-state index is 0.344. The SMILES string of the molecule is CN1CCN(c2ccc3c(=O)[nH]c(=O)[nH]c3c2)CC1. The van der Waals surface area contributed by atoms with Crippen LogP contribution in [0.1, 0.15) is 0 Å². The monoisotopic (exact) mass is 260 g/mol. The molecule has 6 heteroatoms. The molecular formula is C13H16N4O2. The standard InChI is InChI=1S/C13H16N4O2/c1-16-4-6-17(7-5-16)9-2-3-10-11(8-9)14-13(19)15-12(10)18/h2-3,8H,4-7H2,1H3,(H2,14,15,18,19). The molecule has 1 aliphatic heterocycles. The molecule has 1 aromatic heterocycles. The maximum atomic E-state index is 11.6. The number of rotatable bonds is 1. The highest BCUT2D eigenvalue weighted by Crippen LogP contribution is 2.19. The molecule has 0 unspecified atom stereocenters. The maximum Gasteiger partial charge on any atom is 0.326 e. The number of H-pyrrole nitrogens is 2. The highest BCUT2D eigenvalue weighted by molar-refractivity contribution is 5.81. The lowest BCUT2D eigenvalue weighted by atomic mass is 10.2. The number of fused-ring (bicyclic) bond motifs is 1. The van der Waals surface area contributed by atoms with Crippen molar-refractivity contribution in [3.63, 3.8) is 0 Å². The molecule has 1 aromatic carbocycles. The average molecular weight is 260 g/mol. The summed E-state index contributed by atoms with van der Waals surface area (Å²) in [5.41, 5.74) is 0.823. The van der Waals surface area contributed by atoms with Crippen molar-refractivity contribution in [2.24, 2.45) is 0 Å². The van der Waals surface area contributed by atoms with Crippen molar-refractivity contribution >= 4 is 16.6 Å². The number of nitrogens with zero attached hydrogens (tertiary/aromatic N) is 2. The number of benzene rings is 1. The number of anilines is 1. The molecule has 2 N–H and O–H groups in total. The van der Waals surface area contributed by atoms with Crippen LogP contribution in [0.4, 0.5) is 5.69 Å². The molecule has 0 saturated carbocycles. The zero-order chi connectivity index (χ0) is 13.4. The van der Waals surface area contributed by atoms with Gasteiger partial charge in [0.25, 0.3) is 5.56 Å². The predicted octanol–water partition coefficient (Wildman–Crippen LogP) is -0.0318. The van der Waals surface area contributed by atoms with Crippen LogP contribution in [0.5, 0.6) is 0 Å². The first-order valence-corrected chi connectivity index (χ1v) is 6.33. The van der Waals surface area contributed by atoms with Gasteiger partial charge in [0.15, 0.2) is 0 Å². The molecule has 1 fully saturated rings. The summed E-state index contributed by atoms with van der Waals surface area (Å²) in [7, 11) is 2.11. The summed E-state index contributed by atoms with van der Waals surface area (Å²) >= 11 is 0. The largest absolute Gasteiger partial charge is 0.369 e. The van der Waals surface area contributed by atoms with E-state index >= 15 is 0 Å². The molecule has 0 atom stereocenters. The Morgan fingerprint density at radius 1 is 1.05 bits per heavy atom. The first-order valence-electron chi connectivity index (χ1n) is 6.33. The van der Waals surface area contributed by atoms with Gasteiger partial charge in [0.2, 0.25) is 0 Å². The Kier molecular flexibility index (Phi) is 2.87. The number of aromatic amines is 2. The van der Waals surface area contributed by atoms with Crippen LogP contribution < -0.4 is 16.1 Å². The number of aromatic nitrogens is 2. The van der Waals surface area contributed by atoms with Gasteiger partial charge >= 0.3 is 5.69 Å². The van der Waals surface area contributed by atoms with Crippen molar-refractivity contribution in [2.75, 3.05) is 38.1 Å². The fourth-order valence-corrected chi connectivity index (χ4v) is 2.42. The van der Waals surface area contributed by atoms with Crippen LogP contribution in [0.15, 0.2) is 27.8 Å². The van der Waals surface area contributed by atoms with Gasteiger partial charge in [-0.3, -0.25) is 9.78 Å². The molecule has 0 amide bonds. The fraction of sp³-hybridized carbons (Fsp3) is 0.385. The summed E-state index contributed by atoms with van der Waals surface area (Å²) in [6, 6.07) is 5.57. The first-order chi connectivity index (χ1) is 9.13. The third-order valence-corrected chi connectivity index (χ3v) is 3.59. The molecule has 19 heavy (non-hydrogen) atoms. The predicted molar refractivity (Wildman–Crippen MR) is 74.9 cm³/mol. The van der Waals surface area contributed by atoms with Gasteiger partial charge in [-0.05, 0) is 25.2 Å². The van der Waals surface area contributed by atoms with E-state index in [4.69, 9.17) is 0 Å². The Balaban J connectivity index is 2.02. The molecule has 100 valence electrons. The first kappa shape index (κ1) is 12.0. The summed E-state index contributed by atoms with van der Waals surface area (Å²) in [5.74, 6) is 0. The van der Waals surface area contributed by atoms with Gasteiger partial charge in [0.05, 0.1) is 10.9 Å². The lowest BCUT2D eigenvalue weighted by Crippen LogP contribution is -2.44. The van der Waals surface area contributed by atoms with Crippen molar-refractivity contribution in [1.82, 2.24) is 14.9 Å². The fourth-order valence-electron chi connectivity index (χ4n) is 2.42. The molecule has 0 spiro atoms. The second-order valence-electron chi connectivity index (χ2n) is 4.93. The zero-order valence-electron chi connectivity index (χ0n) is 10.8. The molecule has 3 rings (SSSR count). The molecule has 0 bridgehead atoms. The topological polar surface area (TPSA) is 72.2 Å². The van der Waals surface area contributed by atoms with Crippen LogP contribution in [0, 0.1) is 0 Å². The minimum atomic E-state index is -0.465. The van der Waals surface area contributed by atoms with Crippen LogP contribution in [0.3, 0.4) is 0 Å². The molecule has 0 aliphatic carbocycles. The van der Waals surface area contributed by atoms with E-state index in [1.807, 2.05) is 12.1 Å². The van der Waals surface area contributed by atoms with E-state index in [0.29, 0.717) is 10.9 Å². The third kappa shape index (κ3) is 2.26. The number of hydrogen-bond acceptors (Lipinski definition) is 4. The second-order valence-corrected chi connectivity index (χ2v) is 4.93. The summed E-state index contributed by atoms with van der Waals surface area (Å²) in [6.45, 7) is 3.94. The number of hydrogen-bond donors (Lipinski definition) is 2. The molecular weight excluding hydrogens is 244 g/mol. The van der Waals surface area contributed by atoms with E-state index in [-0.39, 0.29) is 5.56 Å². The van der Waals surface area contributed by atoms with Crippen LogP contribution in [0.2, 0.25) is 0 Å². The third-order valence-electron chi connectivity index (χ3n) is 3.59. The van der Waals surface area contributed by atoms with Gasteiger partial charge in [-0.2, -0.15) is 0 Å². The van der Waals surface area contributed by atoms with E-state index in [1.165, 1.54) is 0 Å². The zero-order valence-corrected chi connectivity index (χ0v) is 10.8. The van der Waals surface area contributed by atoms with Crippen molar-refractivity contribution in [3.05, 3.63) is 39.0 Å². The van der Waals surface area contributed by atoms with Crippen molar-refractivity contribution in [1.29, 1.82) is 0 Å². The van der Waals surface area contributed by atoms with Crippen molar-refractivity contribution in [2.45, 2.75) is 0 Å². The van der Waals surface area contributed by atoms with Crippen LogP contribution in [0.25, 0.3) is 10.9 Å². The summed E-state index contributed by atoms with van der Waals surface area (Å²) in [4.78, 5) is 32.4.